The van der Waals surface area contributed by atoms with E-state index in [0.29, 0.717) is 60.4 Å². The number of rotatable bonds is 4. The number of benzene rings is 1. The highest BCUT2D eigenvalue weighted by atomic mass is 35.5. The molecule has 31 heavy (non-hydrogen) atoms. The monoisotopic (exact) mass is 449 g/mol. The van der Waals surface area contributed by atoms with Gasteiger partial charge in [0.2, 0.25) is 5.95 Å². The van der Waals surface area contributed by atoms with Gasteiger partial charge in [-0.1, -0.05) is 0 Å². The molecule has 1 aliphatic carbocycles. The molecule has 0 bridgehead atoms. The fourth-order valence-corrected chi connectivity index (χ4v) is 4.41. The molecule has 168 valence electrons. The number of nitrogens with zero attached hydrogens (tertiary/aromatic N) is 4. The molecule has 2 saturated heterocycles. The molecule has 10 heteroatoms. The second kappa shape index (κ2) is 8.20. The van der Waals surface area contributed by atoms with Crippen LogP contribution in [0.3, 0.4) is 0 Å². The molecule has 0 radical (unpaired) electrons. The minimum absolute atomic E-state index is 0. The Morgan fingerprint density at radius 1 is 1.13 bits per heavy atom. The molecule has 1 atom stereocenters. The molecular formula is C21H28ClN5O4. The number of nitrogen functional groups attached to an aromatic ring is 1. The van der Waals surface area contributed by atoms with E-state index in [9.17, 15) is 4.79 Å². The molecule has 5 rings (SSSR count). The molecule has 3 fully saturated rings. The summed E-state index contributed by atoms with van der Waals surface area (Å²) < 4.78 is 16.5. The summed E-state index contributed by atoms with van der Waals surface area (Å²) in [6.07, 6.45) is 3.00. The highest BCUT2D eigenvalue weighted by Crippen LogP contribution is 2.54. The zero-order valence-electron chi connectivity index (χ0n) is 17.8. The van der Waals surface area contributed by atoms with Crippen molar-refractivity contribution in [2.45, 2.75) is 25.4 Å². The Bertz CT molecular complexity index is 991. The van der Waals surface area contributed by atoms with Crippen LogP contribution >= 0.6 is 12.4 Å². The molecule has 1 spiro atoms. The van der Waals surface area contributed by atoms with Crippen LogP contribution in [-0.4, -0.2) is 73.9 Å². The van der Waals surface area contributed by atoms with Crippen molar-refractivity contribution in [1.29, 1.82) is 0 Å². The smallest absolute Gasteiger partial charge is 0.251 e. The lowest BCUT2D eigenvalue weighted by Gasteiger charge is -2.35. The Kier molecular flexibility index (Phi) is 5.74. The molecule has 3 heterocycles. The first-order valence-corrected chi connectivity index (χ1v) is 10.4. The van der Waals surface area contributed by atoms with Crippen LogP contribution < -0.4 is 20.1 Å². The van der Waals surface area contributed by atoms with Crippen LogP contribution in [0.1, 0.15) is 19.3 Å². The second-order valence-electron chi connectivity index (χ2n) is 8.45. The van der Waals surface area contributed by atoms with Crippen LogP contribution in [0, 0.1) is 5.41 Å². The quantitative estimate of drug-likeness (QED) is 0.754. The summed E-state index contributed by atoms with van der Waals surface area (Å²) in [5.74, 6) is 2.25. The molecular weight excluding hydrogens is 422 g/mol. The van der Waals surface area contributed by atoms with E-state index in [2.05, 4.69) is 14.9 Å². The summed E-state index contributed by atoms with van der Waals surface area (Å²) in [5, 5.41) is 0.720. The van der Waals surface area contributed by atoms with E-state index in [1.54, 1.807) is 26.4 Å². The minimum Gasteiger partial charge on any atom is -0.493 e. The molecule has 1 aromatic carbocycles. The van der Waals surface area contributed by atoms with Gasteiger partial charge in [-0.05, 0) is 30.7 Å². The molecule has 9 nitrogen and oxygen atoms in total. The summed E-state index contributed by atoms with van der Waals surface area (Å²) in [4.78, 5) is 26.0. The van der Waals surface area contributed by atoms with Crippen molar-refractivity contribution in [3.8, 4) is 11.5 Å². The third-order valence-electron chi connectivity index (χ3n) is 6.53. The van der Waals surface area contributed by atoms with Crippen LogP contribution in [0.2, 0.25) is 0 Å². The first-order valence-electron chi connectivity index (χ1n) is 10.4. The van der Waals surface area contributed by atoms with E-state index in [4.69, 9.17) is 19.9 Å². The number of carbonyl (C=O) groups is 1. The Balaban J connectivity index is 0.00000231. The number of fused-ring (bicyclic) bond motifs is 1. The van der Waals surface area contributed by atoms with Crippen molar-refractivity contribution in [1.82, 2.24) is 14.9 Å². The third kappa shape index (κ3) is 3.92. The van der Waals surface area contributed by atoms with Crippen molar-refractivity contribution in [2.75, 3.05) is 57.6 Å². The number of ether oxygens (including phenoxy) is 3. The average Bonchev–Trinajstić information content (AvgIpc) is 3.40. The normalized spacial score (nSPS) is 21.8. The predicted octanol–water partition coefficient (Wildman–Crippen LogP) is 1.87. The Hall–Kier alpha value is -2.52. The Morgan fingerprint density at radius 2 is 1.81 bits per heavy atom. The molecule has 3 aliphatic rings. The zero-order valence-corrected chi connectivity index (χ0v) is 18.6. The van der Waals surface area contributed by atoms with Gasteiger partial charge >= 0.3 is 0 Å². The number of hydrogen-bond donors (Lipinski definition) is 1. The minimum atomic E-state index is -0.269. The van der Waals surface area contributed by atoms with Crippen molar-refractivity contribution >= 4 is 41.0 Å². The topological polar surface area (TPSA) is 103 Å². The molecule has 2 N–H and O–H groups in total. The summed E-state index contributed by atoms with van der Waals surface area (Å²) in [6, 6.07) is 3.60. The Morgan fingerprint density at radius 3 is 2.42 bits per heavy atom. The summed E-state index contributed by atoms with van der Waals surface area (Å²) in [7, 11) is 3.17. The summed E-state index contributed by atoms with van der Waals surface area (Å²) in [5.41, 5.74) is 7.22. The van der Waals surface area contributed by atoms with Crippen molar-refractivity contribution < 1.29 is 19.0 Å². The van der Waals surface area contributed by atoms with E-state index in [0.717, 1.165) is 18.4 Å². The maximum absolute atomic E-state index is 12.8. The fraction of sp³-hybridized carbons (Fsp3) is 0.571. The van der Waals surface area contributed by atoms with Gasteiger partial charge in [0, 0.05) is 37.6 Å². The molecule has 2 aromatic rings. The lowest BCUT2D eigenvalue weighted by atomic mass is 10.0. The highest BCUT2D eigenvalue weighted by Gasteiger charge is 2.51. The van der Waals surface area contributed by atoms with Gasteiger partial charge in [0.1, 0.15) is 11.9 Å². The molecule has 1 aromatic heterocycles. The van der Waals surface area contributed by atoms with Gasteiger partial charge < -0.3 is 29.7 Å². The van der Waals surface area contributed by atoms with Crippen molar-refractivity contribution in [3.63, 3.8) is 0 Å². The number of halogens is 1. The molecule has 2 aliphatic heterocycles. The Labute approximate surface area is 187 Å². The summed E-state index contributed by atoms with van der Waals surface area (Å²) >= 11 is 0. The SMILES string of the molecule is COc1cc2nc(N3CCN(C(=O)C4CC5(CC5)CO4)CC3)nc(N)c2cc1OC.Cl. The van der Waals surface area contributed by atoms with Crippen molar-refractivity contribution in [2.24, 2.45) is 5.41 Å². The highest BCUT2D eigenvalue weighted by molar-refractivity contribution is 5.91. The van der Waals surface area contributed by atoms with Crippen LogP contribution in [-0.2, 0) is 9.53 Å². The number of aromatic nitrogens is 2. The van der Waals surface area contributed by atoms with Crippen LogP contribution in [0.25, 0.3) is 10.9 Å². The lowest BCUT2D eigenvalue weighted by molar-refractivity contribution is -0.141. The number of amides is 1. The van der Waals surface area contributed by atoms with Crippen LogP contribution in [0.15, 0.2) is 12.1 Å². The number of anilines is 2. The summed E-state index contributed by atoms with van der Waals surface area (Å²) in [6.45, 7) is 3.30. The number of nitrogens with two attached hydrogens (primary N) is 1. The largest absolute Gasteiger partial charge is 0.493 e. The van der Waals surface area contributed by atoms with Crippen LogP contribution in [0.4, 0.5) is 11.8 Å². The van der Waals surface area contributed by atoms with E-state index in [-0.39, 0.29) is 24.4 Å². The number of hydrogen-bond acceptors (Lipinski definition) is 8. The number of piperazine rings is 1. The van der Waals surface area contributed by atoms with Gasteiger partial charge in [-0.15, -0.1) is 12.4 Å². The van der Waals surface area contributed by atoms with Gasteiger partial charge in [-0.3, -0.25) is 4.79 Å². The first-order chi connectivity index (χ1) is 14.5. The van der Waals surface area contributed by atoms with Gasteiger partial charge in [-0.2, -0.15) is 4.98 Å². The maximum atomic E-state index is 12.8. The molecule has 1 saturated carbocycles. The maximum Gasteiger partial charge on any atom is 0.251 e. The zero-order chi connectivity index (χ0) is 20.9. The lowest BCUT2D eigenvalue weighted by Crippen LogP contribution is -2.51. The fourth-order valence-electron chi connectivity index (χ4n) is 4.41. The van der Waals surface area contributed by atoms with E-state index >= 15 is 0 Å². The van der Waals surface area contributed by atoms with Gasteiger partial charge in [0.05, 0.1) is 26.3 Å². The van der Waals surface area contributed by atoms with Crippen molar-refractivity contribution in [3.05, 3.63) is 12.1 Å². The number of methoxy groups -OCH3 is 2. The second-order valence-corrected chi connectivity index (χ2v) is 8.45. The average molecular weight is 450 g/mol. The van der Waals surface area contributed by atoms with Gasteiger partial charge in [0.25, 0.3) is 5.91 Å². The predicted molar refractivity (Wildman–Crippen MR) is 119 cm³/mol. The van der Waals surface area contributed by atoms with Crippen LogP contribution in [0.5, 0.6) is 11.5 Å². The third-order valence-corrected chi connectivity index (χ3v) is 6.53. The number of carbonyl (C=O) groups excluding carboxylic acids is 1. The van der Waals surface area contributed by atoms with Gasteiger partial charge in [-0.25, -0.2) is 4.98 Å². The van der Waals surface area contributed by atoms with E-state index in [1.165, 1.54) is 12.8 Å². The molecule has 1 unspecified atom stereocenters. The van der Waals surface area contributed by atoms with E-state index in [1.807, 2.05) is 4.90 Å². The van der Waals surface area contributed by atoms with Gasteiger partial charge in [0.15, 0.2) is 11.5 Å². The standard InChI is InChI=1S/C21H27N5O4.ClH/c1-28-15-9-13-14(10-16(15)29-2)23-20(24-18(13)22)26-7-5-25(6-8-26)19(27)17-11-21(3-4-21)12-30-17;/h9-10,17H,3-8,11-12H2,1-2H3,(H2,22,23,24);1H. The molecule has 1 amide bonds. The first kappa shape index (κ1) is 21.7. The van der Waals surface area contributed by atoms with E-state index < -0.39 is 0 Å².